The van der Waals surface area contributed by atoms with Crippen LogP contribution in [0.5, 0.6) is 11.5 Å². The summed E-state index contributed by atoms with van der Waals surface area (Å²) in [6.07, 6.45) is 2.10. The maximum Gasteiger partial charge on any atom is 0.215 e. The molecule has 0 spiro atoms. The van der Waals surface area contributed by atoms with Crippen LogP contribution < -0.4 is 9.47 Å². The molecule has 30 heavy (non-hydrogen) atoms. The third-order valence-electron chi connectivity index (χ3n) is 5.57. The first kappa shape index (κ1) is 22.0. The van der Waals surface area contributed by atoms with Gasteiger partial charge in [0.05, 0.1) is 30.9 Å². The number of halogens is 1. The topological polar surface area (TPSA) is 43.9 Å². The predicted octanol–water partition coefficient (Wildman–Crippen LogP) is 4.74. The Kier molecular flexibility index (Phi) is 6.90. The van der Waals surface area contributed by atoms with Gasteiger partial charge < -0.3 is 18.9 Å². The number of likely N-dealkylation sites (N-methyl/N-ethyl adjacent to an activating group) is 1. The molecule has 160 valence electrons. The van der Waals surface area contributed by atoms with Crippen molar-refractivity contribution in [2.24, 2.45) is 0 Å². The standard InChI is InChI=1S/C23H28N4O2.ClH/c1-5-25(6-2)13-14-26-19-9-7-8-10-20(19)27-16-18(24-23(26)27)17-11-12-21(28-3)22(15-17)29-4;/h7-12,15-16H,5-6,13-14H2,1-4H3;1H. The van der Waals surface area contributed by atoms with Crippen LogP contribution in [0.4, 0.5) is 0 Å². The number of aromatic nitrogens is 3. The number of ether oxygens (including phenoxy) is 2. The molecule has 4 aromatic rings. The molecule has 0 aliphatic carbocycles. The maximum atomic E-state index is 5.47. The van der Waals surface area contributed by atoms with Crippen molar-refractivity contribution in [3.05, 3.63) is 48.7 Å². The van der Waals surface area contributed by atoms with Gasteiger partial charge in [-0.1, -0.05) is 26.0 Å². The molecule has 7 heteroatoms. The molecule has 0 saturated carbocycles. The molecule has 0 fully saturated rings. The first-order valence-corrected chi connectivity index (χ1v) is 10.1. The lowest BCUT2D eigenvalue weighted by atomic mass is 10.1. The molecule has 0 atom stereocenters. The fraction of sp³-hybridized carbons (Fsp3) is 0.348. The first-order chi connectivity index (χ1) is 14.2. The van der Waals surface area contributed by atoms with E-state index in [1.807, 2.05) is 18.2 Å². The molecule has 2 aromatic carbocycles. The summed E-state index contributed by atoms with van der Waals surface area (Å²) < 4.78 is 15.3. The summed E-state index contributed by atoms with van der Waals surface area (Å²) in [6.45, 7) is 8.42. The molecule has 0 radical (unpaired) electrons. The zero-order chi connectivity index (χ0) is 20.4. The number of hydrogen-bond acceptors (Lipinski definition) is 4. The molecule has 0 aliphatic heterocycles. The van der Waals surface area contributed by atoms with Crippen LogP contribution in [0, 0.1) is 0 Å². The lowest BCUT2D eigenvalue weighted by Gasteiger charge is -2.18. The summed E-state index contributed by atoms with van der Waals surface area (Å²) in [5.74, 6) is 2.38. The Bertz CT molecular complexity index is 1130. The van der Waals surface area contributed by atoms with Crippen LogP contribution in [-0.2, 0) is 6.54 Å². The molecule has 0 unspecified atom stereocenters. The highest BCUT2D eigenvalue weighted by molar-refractivity contribution is 5.85. The summed E-state index contributed by atoms with van der Waals surface area (Å²) in [7, 11) is 3.30. The Hall–Kier alpha value is -2.70. The molecule has 0 bridgehead atoms. The SMILES string of the molecule is CCN(CC)CCn1c2ccccc2n2cc(-c3ccc(OC)c(OC)c3)nc12.Cl. The van der Waals surface area contributed by atoms with Gasteiger partial charge in [0.25, 0.3) is 0 Å². The number of hydrogen-bond donors (Lipinski definition) is 0. The van der Waals surface area contributed by atoms with Gasteiger partial charge in [0.1, 0.15) is 0 Å². The summed E-state index contributed by atoms with van der Waals surface area (Å²) in [5.41, 5.74) is 4.30. The summed E-state index contributed by atoms with van der Waals surface area (Å²) in [5, 5.41) is 0. The summed E-state index contributed by atoms with van der Waals surface area (Å²) >= 11 is 0. The average Bonchev–Trinajstić information content (AvgIpc) is 3.32. The lowest BCUT2D eigenvalue weighted by molar-refractivity contribution is 0.293. The Balaban J connectivity index is 0.00000256. The van der Waals surface area contributed by atoms with E-state index >= 15 is 0 Å². The van der Waals surface area contributed by atoms with Gasteiger partial charge in [-0.05, 0) is 43.4 Å². The van der Waals surface area contributed by atoms with Gasteiger partial charge in [-0.3, -0.25) is 4.40 Å². The van der Waals surface area contributed by atoms with E-state index in [1.165, 1.54) is 11.0 Å². The average molecular weight is 429 g/mol. The minimum absolute atomic E-state index is 0. The molecular formula is C23H29ClN4O2. The monoisotopic (exact) mass is 428 g/mol. The third-order valence-corrected chi connectivity index (χ3v) is 5.57. The second-order valence-electron chi connectivity index (χ2n) is 7.03. The van der Waals surface area contributed by atoms with E-state index in [4.69, 9.17) is 14.5 Å². The van der Waals surface area contributed by atoms with Gasteiger partial charge >= 0.3 is 0 Å². The van der Waals surface area contributed by atoms with Crippen LogP contribution in [0.3, 0.4) is 0 Å². The van der Waals surface area contributed by atoms with Crippen molar-refractivity contribution >= 4 is 29.2 Å². The Morgan fingerprint density at radius 3 is 2.30 bits per heavy atom. The van der Waals surface area contributed by atoms with Gasteiger partial charge in [-0.2, -0.15) is 0 Å². The lowest BCUT2D eigenvalue weighted by Crippen LogP contribution is -2.27. The molecule has 0 saturated heterocycles. The number of para-hydroxylation sites is 2. The number of rotatable bonds is 8. The van der Waals surface area contributed by atoms with Gasteiger partial charge in [-0.15, -0.1) is 12.4 Å². The molecule has 0 N–H and O–H groups in total. The highest BCUT2D eigenvalue weighted by Gasteiger charge is 2.16. The molecule has 0 aliphatic rings. The van der Waals surface area contributed by atoms with E-state index in [2.05, 4.69) is 58.2 Å². The van der Waals surface area contributed by atoms with Crippen molar-refractivity contribution in [3.63, 3.8) is 0 Å². The smallest absolute Gasteiger partial charge is 0.215 e. The molecule has 0 amide bonds. The van der Waals surface area contributed by atoms with Crippen LogP contribution >= 0.6 is 12.4 Å². The molecule has 2 aromatic heterocycles. The predicted molar refractivity (Wildman–Crippen MR) is 124 cm³/mol. The minimum atomic E-state index is 0. The fourth-order valence-corrected chi connectivity index (χ4v) is 3.88. The van der Waals surface area contributed by atoms with Crippen molar-refractivity contribution in [2.45, 2.75) is 20.4 Å². The fourth-order valence-electron chi connectivity index (χ4n) is 3.88. The number of fused-ring (bicyclic) bond motifs is 3. The van der Waals surface area contributed by atoms with Gasteiger partial charge in [0, 0.05) is 24.8 Å². The normalized spacial score (nSPS) is 11.2. The first-order valence-electron chi connectivity index (χ1n) is 10.1. The van der Waals surface area contributed by atoms with Gasteiger partial charge in [0.15, 0.2) is 11.5 Å². The molecule has 2 heterocycles. The number of nitrogens with zero attached hydrogens (tertiary/aromatic N) is 4. The van der Waals surface area contributed by atoms with Crippen molar-refractivity contribution in [2.75, 3.05) is 33.9 Å². The number of methoxy groups -OCH3 is 2. The minimum Gasteiger partial charge on any atom is -0.493 e. The second-order valence-corrected chi connectivity index (χ2v) is 7.03. The zero-order valence-corrected chi connectivity index (χ0v) is 18.8. The van der Waals surface area contributed by atoms with Crippen molar-refractivity contribution < 1.29 is 9.47 Å². The van der Waals surface area contributed by atoms with Crippen molar-refractivity contribution in [1.82, 2.24) is 18.9 Å². The quantitative estimate of drug-likeness (QED) is 0.406. The maximum absolute atomic E-state index is 5.47. The highest BCUT2D eigenvalue weighted by atomic mass is 35.5. The third kappa shape index (κ3) is 3.85. The summed E-state index contributed by atoms with van der Waals surface area (Å²) in [4.78, 5) is 7.43. The second kappa shape index (κ2) is 9.41. The van der Waals surface area contributed by atoms with E-state index in [-0.39, 0.29) is 12.4 Å². The highest BCUT2D eigenvalue weighted by Crippen LogP contribution is 2.33. The van der Waals surface area contributed by atoms with Crippen molar-refractivity contribution in [3.8, 4) is 22.8 Å². The van der Waals surface area contributed by atoms with Crippen molar-refractivity contribution in [1.29, 1.82) is 0 Å². The van der Waals surface area contributed by atoms with Crippen LogP contribution in [0.2, 0.25) is 0 Å². The molecular weight excluding hydrogens is 400 g/mol. The Morgan fingerprint density at radius 2 is 1.63 bits per heavy atom. The number of imidazole rings is 2. The van der Waals surface area contributed by atoms with E-state index in [1.54, 1.807) is 14.2 Å². The Morgan fingerprint density at radius 1 is 0.933 bits per heavy atom. The van der Waals surface area contributed by atoms with E-state index in [0.29, 0.717) is 11.5 Å². The summed E-state index contributed by atoms with van der Waals surface area (Å²) in [6, 6.07) is 14.4. The van der Waals surface area contributed by atoms with E-state index < -0.39 is 0 Å². The van der Waals surface area contributed by atoms with Gasteiger partial charge in [-0.25, -0.2) is 4.98 Å². The molecule has 6 nitrogen and oxygen atoms in total. The van der Waals surface area contributed by atoms with Crippen LogP contribution in [0.1, 0.15) is 13.8 Å². The van der Waals surface area contributed by atoms with Gasteiger partial charge in [0.2, 0.25) is 5.78 Å². The Labute approximate surface area is 183 Å². The van der Waals surface area contributed by atoms with Crippen LogP contribution in [-0.4, -0.2) is 52.7 Å². The van der Waals surface area contributed by atoms with E-state index in [9.17, 15) is 0 Å². The van der Waals surface area contributed by atoms with E-state index in [0.717, 1.165) is 43.2 Å². The van der Waals surface area contributed by atoms with Crippen LogP contribution in [0.25, 0.3) is 28.1 Å². The number of benzene rings is 2. The zero-order valence-electron chi connectivity index (χ0n) is 18.0. The van der Waals surface area contributed by atoms with Crippen LogP contribution in [0.15, 0.2) is 48.7 Å². The molecule has 4 rings (SSSR count). The largest absolute Gasteiger partial charge is 0.493 e.